The lowest BCUT2D eigenvalue weighted by Gasteiger charge is -2.23. The number of nitrogens with zero attached hydrogens (tertiary/aromatic N) is 1. The third-order valence-electron chi connectivity index (χ3n) is 5.09. The topological polar surface area (TPSA) is 51.1 Å². The van der Waals surface area contributed by atoms with E-state index < -0.39 is 0 Å². The number of carbonyl (C=O) groups excluding carboxylic acids is 2. The van der Waals surface area contributed by atoms with E-state index in [1.54, 1.807) is 11.3 Å². The lowest BCUT2D eigenvalue weighted by molar-refractivity contribution is 0.0915. The second-order valence-electron chi connectivity index (χ2n) is 6.88. The van der Waals surface area contributed by atoms with Crippen LogP contribution in [0.25, 0.3) is 10.2 Å². The van der Waals surface area contributed by atoms with Crippen LogP contribution >= 0.6 is 11.3 Å². The molecule has 5 heteroatoms. The monoisotopic (exact) mass is 366 g/mol. The normalized spacial score (nSPS) is 15.2. The molecule has 134 valence electrons. The van der Waals surface area contributed by atoms with Crippen molar-refractivity contribution in [2.24, 2.45) is 0 Å². The van der Waals surface area contributed by atoms with Gasteiger partial charge < -0.3 is 9.88 Å². The third kappa shape index (κ3) is 3.44. The summed E-state index contributed by atoms with van der Waals surface area (Å²) in [6.45, 7) is 0.178. The average molecular weight is 366 g/mol. The quantitative estimate of drug-likeness (QED) is 0.668. The predicted octanol–water partition coefficient (Wildman–Crippen LogP) is 4.65. The van der Waals surface area contributed by atoms with Crippen LogP contribution in [0.2, 0.25) is 0 Å². The van der Waals surface area contributed by atoms with Gasteiger partial charge in [0.25, 0.3) is 5.91 Å². The minimum Gasteiger partial charge on any atom is -0.348 e. The maximum absolute atomic E-state index is 12.9. The molecule has 1 aliphatic rings. The van der Waals surface area contributed by atoms with E-state index in [9.17, 15) is 9.59 Å². The maximum atomic E-state index is 12.9. The summed E-state index contributed by atoms with van der Waals surface area (Å²) >= 11 is 1.60. The Bertz CT molecular complexity index is 920. The van der Waals surface area contributed by atoms with E-state index in [2.05, 4.69) is 5.32 Å². The van der Waals surface area contributed by atoms with Crippen LogP contribution in [0.4, 0.5) is 0 Å². The summed E-state index contributed by atoms with van der Waals surface area (Å²) < 4.78 is 2.90. The van der Waals surface area contributed by atoms with Gasteiger partial charge in [-0.2, -0.15) is 0 Å². The van der Waals surface area contributed by atoms with Gasteiger partial charge in [-0.3, -0.25) is 9.59 Å². The Labute approximate surface area is 156 Å². The fourth-order valence-corrected chi connectivity index (χ4v) is 4.52. The molecule has 0 saturated heterocycles. The minimum absolute atomic E-state index is 0.0148. The van der Waals surface area contributed by atoms with Gasteiger partial charge >= 0.3 is 0 Å². The summed E-state index contributed by atoms with van der Waals surface area (Å²) in [4.78, 5) is 25.6. The number of ketones is 1. The average Bonchev–Trinajstić information content (AvgIpc) is 3.26. The molecule has 2 heterocycles. The molecule has 1 N–H and O–H groups in total. The first-order chi connectivity index (χ1) is 12.7. The molecule has 1 saturated carbocycles. The fourth-order valence-electron chi connectivity index (χ4n) is 3.70. The maximum Gasteiger partial charge on any atom is 0.268 e. The van der Waals surface area contributed by atoms with Gasteiger partial charge in [0.05, 0.1) is 16.8 Å². The number of Topliss-reactive ketones (excluding diaryl/α,β-unsaturated/α-hetero) is 1. The van der Waals surface area contributed by atoms with Crippen molar-refractivity contribution < 1.29 is 9.59 Å². The van der Waals surface area contributed by atoms with Crippen molar-refractivity contribution in [3.63, 3.8) is 0 Å². The van der Waals surface area contributed by atoms with Gasteiger partial charge in [0.1, 0.15) is 5.69 Å². The van der Waals surface area contributed by atoms with Crippen LogP contribution in [0.1, 0.15) is 53.0 Å². The second kappa shape index (κ2) is 7.46. The summed E-state index contributed by atoms with van der Waals surface area (Å²) in [6.07, 6.45) is 5.69. The van der Waals surface area contributed by atoms with E-state index in [1.807, 2.05) is 52.4 Å². The van der Waals surface area contributed by atoms with Crippen LogP contribution in [0, 0.1) is 0 Å². The van der Waals surface area contributed by atoms with Crippen LogP contribution < -0.4 is 5.32 Å². The number of amides is 1. The molecule has 26 heavy (non-hydrogen) atoms. The molecular formula is C21H22N2O2S. The van der Waals surface area contributed by atoms with Crippen LogP contribution in [0.15, 0.2) is 47.8 Å². The molecule has 0 aliphatic heterocycles. The molecule has 1 fully saturated rings. The predicted molar refractivity (Wildman–Crippen MR) is 105 cm³/mol. The Morgan fingerprint density at radius 2 is 1.85 bits per heavy atom. The lowest BCUT2D eigenvalue weighted by Crippen LogP contribution is -2.37. The van der Waals surface area contributed by atoms with E-state index >= 15 is 0 Å². The number of hydrogen-bond acceptors (Lipinski definition) is 3. The highest BCUT2D eigenvalue weighted by Crippen LogP contribution is 2.26. The van der Waals surface area contributed by atoms with E-state index in [4.69, 9.17) is 0 Å². The second-order valence-corrected chi connectivity index (χ2v) is 7.83. The van der Waals surface area contributed by atoms with Crippen molar-refractivity contribution in [3.8, 4) is 0 Å². The lowest BCUT2D eigenvalue weighted by atomic mass is 9.95. The minimum atomic E-state index is -0.0684. The zero-order chi connectivity index (χ0) is 17.9. The molecule has 0 radical (unpaired) electrons. The molecule has 4 rings (SSSR count). The number of fused-ring (bicyclic) bond motifs is 1. The molecule has 0 atom stereocenters. The summed E-state index contributed by atoms with van der Waals surface area (Å²) in [6, 6.07) is 13.4. The molecule has 0 unspecified atom stereocenters. The van der Waals surface area contributed by atoms with Crippen LogP contribution in [-0.4, -0.2) is 22.3 Å². The first-order valence-electron chi connectivity index (χ1n) is 9.18. The van der Waals surface area contributed by atoms with Gasteiger partial charge in [0.2, 0.25) is 0 Å². The van der Waals surface area contributed by atoms with Gasteiger partial charge in [0, 0.05) is 11.6 Å². The van der Waals surface area contributed by atoms with Gasteiger partial charge in [-0.25, -0.2) is 0 Å². The van der Waals surface area contributed by atoms with E-state index in [1.165, 1.54) is 19.3 Å². The first-order valence-corrected chi connectivity index (χ1v) is 10.1. The van der Waals surface area contributed by atoms with Crippen molar-refractivity contribution in [2.75, 3.05) is 0 Å². The van der Waals surface area contributed by atoms with E-state index in [0.717, 1.165) is 23.1 Å². The molecule has 0 bridgehead atoms. The highest BCUT2D eigenvalue weighted by molar-refractivity contribution is 7.17. The molecule has 1 aliphatic carbocycles. The van der Waals surface area contributed by atoms with Crippen molar-refractivity contribution in [2.45, 2.75) is 44.7 Å². The zero-order valence-corrected chi connectivity index (χ0v) is 15.4. The number of aromatic nitrogens is 1. The number of hydrogen-bond donors (Lipinski definition) is 1. The summed E-state index contributed by atoms with van der Waals surface area (Å²) in [5, 5.41) is 5.17. The SMILES string of the molecule is O=C(Cn1c(C(=O)NC2CCCCC2)cc2sccc21)c1ccccc1. The molecule has 1 amide bonds. The molecule has 4 nitrogen and oxygen atoms in total. The van der Waals surface area contributed by atoms with Crippen molar-refractivity contribution >= 4 is 33.2 Å². The number of nitrogens with one attached hydrogen (secondary N) is 1. The van der Waals surface area contributed by atoms with Crippen molar-refractivity contribution in [3.05, 3.63) is 59.1 Å². The Morgan fingerprint density at radius 3 is 2.62 bits per heavy atom. The number of rotatable bonds is 5. The Kier molecular flexibility index (Phi) is 4.89. The van der Waals surface area contributed by atoms with Gasteiger partial charge in [-0.05, 0) is 30.4 Å². The molecule has 0 spiro atoms. The summed E-state index contributed by atoms with van der Waals surface area (Å²) in [5.41, 5.74) is 2.21. The Morgan fingerprint density at radius 1 is 1.08 bits per heavy atom. The zero-order valence-electron chi connectivity index (χ0n) is 14.6. The highest BCUT2D eigenvalue weighted by Gasteiger charge is 2.22. The number of carbonyl (C=O) groups is 2. The fraction of sp³-hybridized carbons (Fsp3) is 0.333. The van der Waals surface area contributed by atoms with Crippen LogP contribution in [0.3, 0.4) is 0 Å². The summed E-state index contributed by atoms with van der Waals surface area (Å²) in [5.74, 6) is -0.0535. The van der Waals surface area contributed by atoms with E-state index in [0.29, 0.717) is 11.3 Å². The molecule has 3 aromatic rings. The Hall–Kier alpha value is -2.40. The van der Waals surface area contributed by atoms with Crippen LogP contribution in [0.5, 0.6) is 0 Å². The highest BCUT2D eigenvalue weighted by atomic mass is 32.1. The van der Waals surface area contributed by atoms with E-state index in [-0.39, 0.29) is 24.3 Å². The number of benzene rings is 1. The summed E-state index contributed by atoms with van der Waals surface area (Å²) in [7, 11) is 0. The third-order valence-corrected chi connectivity index (χ3v) is 5.95. The number of thiophene rings is 1. The Balaban J connectivity index is 1.60. The van der Waals surface area contributed by atoms with Crippen molar-refractivity contribution in [1.29, 1.82) is 0 Å². The molecule has 1 aromatic carbocycles. The van der Waals surface area contributed by atoms with Gasteiger partial charge in [0.15, 0.2) is 5.78 Å². The standard InChI is InChI=1S/C21H22N2O2S/c24-19(15-7-3-1-4-8-15)14-23-17-11-12-26-20(17)13-18(23)21(25)22-16-9-5-2-6-10-16/h1,3-4,7-8,11-13,16H,2,5-6,9-10,14H2,(H,22,25). The largest absolute Gasteiger partial charge is 0.348 e. The van der Waals surface area contributed by atoms with Gasteiger partial charge in [-0.15, -0.1) is 11.3 Å². The molecule has 2 aromatic heterocycles. The smallest absolute Gasteiger partial charge is 0.268 e. The first kappa shape index (κ1) is 17.0. The van der Waals surface area contributed by atoms with Crippen molar-refractivity contribution in [1.82, 2.24) is 9.88 Å². The molecular weight excluding hydrogens is 344 g/mol. The van der Waals surface area contributed by atoms with Crippen LogP contribution in [-0.2, 0) is 6.54 Å². The van der Waals surface area contributed by atoms with Gasteiger partial charge in [-0.1, -0.05) is 49.6 Å².